The molecule has 3 heteroatoms. The number of benzene rings is 1. The Labute approximate surface area is 125 Å². The second kappa shape index (κ2) is 4.78. The van der Waals surface area contributed by atoms with Gasteiger partial charge in [0.2, 0.25) is 0 Å². The molecule has 1 aromatic carbocycles. The molecule has 2 aromatic rings. The summed E-state index contributed by atoms with van der Waals surface area (Å²) in [5.74, 6) is 0. The Kier molecular flexibility index (Phi) is 3.21. The third-order valence-electron chi connectivity index (χ3n) is 4.07. The van der Waals surface area contributed by atoms with Crippen LogP contribution in [0.3, 0.4) is 0 Å². The van der Waals surface area contributed by atoms with E-state index in [4.69, 9.17) is 11.6 Å². The zero-order chi connectivity index (χ0) is 14.3. The van der Waals surface area contributed by atoms with Crippen molar-refractivity contribution in [1.82, 2.24) is 4.98 Å². The van der Waals surface area contributed by atoms with Gasteiger partial charge in [0.05, 0.1) is 11.7 Å². The number of halogens is 1. The van der Waals surface area contributed by atoms with Crippen molar-refractivity contribution in [2.24, 2.45) is 5.41 Å². The summed E-state index contributed by atoms with van der Waals surface area (Å²) in [4.78, 5) is 4.23. The highest BCUT2D eigenvalue weighted by molar-refractivity contribution is 6.32. The molecule has 0 aliphatic heterocycles. The molecule has 1 N–H and O–H groups in total. The molecule has 0 amide bonds. The minimum absolute atomic E-state index is 0.163. The Balaban J connectivity index is 1.99. The fourth-order valence-corrected chi connectivity index (χ4v) is 3.23. The lowest BCUT2D eigenvalue weighted by atomic mass is 9.85. The van der Waals surface area contributed by atoms with Gasteiger partial charge in [0.15, 0.2) is 5.15 Å². The maximum atomic E-state index is 6.22. The molecule has 1 atom stereocenters. The number of anilines is 1. The van der Waals surface area contributed by atoms with Crippen LogP contribution in [0.25, 0.3) is 0 Å². The summed E-state index contributed by atoms with van der Waals surface area (Å²) >= 11 is 6.22. The largest absolute Gasteiger partial charge is 0.375 e. The summed E-state index contributed by atoms with van der Waals surface area (Å²) in [6.45, 7) is 6.62. The summed E-state index contributed by atoms with van der Waals surface area (Å²) in [5.41, 5.74) is 4.99. The van der Waals surface area contributed by atoms with E-state index in [0.717, 1.165) is 17.7 Å². The number of pyridine rings is 1. The summed E-state index contributed by atoms with van der Waals surface area (Å²) in [6.07, 6.45) is 2.87. The lowest BCUT2D eigenvalue weighted by molar-refractivity contribution is 0.337. The van der Waals surface area contributed by atoms with Crippen molar-refractivity contribution in [3.05, 3.63) is 58.4 Å². The van der Waals surface area contributed by atoms with E-state index >= 15 is 0 Å². The zero-order valence-corrected chi connectivity index (χ0v) is 12.8. The topological polar surface area (TPSA) is 24.9 Å². The number of hydrogen-bond donors (Lipinski definition) is 1. The fraction of sp³-hybridized carbons (Fsp3) is 0.353. The smallest absolute Gasteiger partial charge is 0.152 e. The Morgan fingerprint density at radius 2 is 2.05 bits per heavy atom. The summed E-state index contributed by atoms with van der Waals surface area (Å²) < 4.78 is 0. The molecule has 0 saturated heterocycles. The molecule has 1 heterocycles. The van der Waals surface area contributed by atoms with Crippen molar-refractivity contribution >= 4 is 17.3 Å². The van der Waals surface area contributed by atoms with Gasteiger partial charge in [0, 0.05) is 6.20 Å². The highest BCUT2D eigenvalue weighted by Gasteiger charge is 2.38. The van der Waals surface area contributed by atoms with Crippen molar-refractivity contribution in [3.63, 3.8) is 0 Å². The summed E-state index contributed by atoms with van der Waals surface area (Å²) in [6, 6.07) is 11.0. The number of hydrogen-bond acceptors (Lipinski definition) is 2. The van der Waals surface area contributed by atoms with Gasteiger partial charge in [-0.1, -0.05) is 49.7 Å². The number of nitrogens with one attached hydrogen (secondary N) is 1. The molecule has 3 rings (SSSR count). The normalized spacial score (nSPS) is 19.7. The first-order valence-electron chi connectivity index (χ1n) is 6.94. The van der Waals surface area contributed by atoms with Crippen LogP contribution in [-0.4, -0.2) is 4.98 Å². The van der Waals surface area contributed by atoms with Gasteiger partial charge in [-0.25, -0.2) is 4.98 Å². The molecule has 0 radical (unpaired) electrons. The molecule has 1 aromatic heterocycles. The maximum Gasteiger partial charge on any atom is 0.152 e. The highest BCUT2D eigenvalue weighted by Crippen LogP contribution is 2.47. The molecule has 104 valence electrons. The predicted octanol–water partition coefficient (Wildman–Crippen LogP) is 4.78. The van der Waals surface area contributed by atoms with Crippen LogP contribution in [-0.2, 0) is 6.42 Å². The van der Waals surface area contributed by atoms with Crippen LogP contribution in [0.2, 0.25) is 5.15 Å². The molecule has 0 bridgehead atoms. The molecule has 0 saturated carbocycles. The van der Waals surface area contributed by atoms with Crippen LogP contribution in [0.1, 0.15) is 36.6 Å². The second-order valence-electron chi connectivity index (χ2n) is 6.29. The highest BCUT2D eigenvalue weighted by atomic mass is 35.5. The Hall–Kier alpha value is -1.54. The van der Waals surface area contributed by atoms with Crippen molar-refractivity contribution < 1.29 is 0 Å². The Morgan fingerprint density at radius 1 is 1.30 bits per heavy atom. The molecule has 0 fully saturated rings. The molecule has 1 unspecified atom stereocenters. The minimum Gasteiger partial charge on any atom is -0.375 e. The van der Waals surface area contributed by atoms with E-state index in [2.05, 4.69) is 54.5 Å². The van der Waals surface area contributed by atoms with E-state index in [9.17, 15) is 0 Å². The molecule has 1 aliphatic rings. The number of fused-ring (bicyclic) bond motifs is 1. The lowest BCUT2D eigenvalue weighted by Crippen LogP contribution is -2.24. The fourth-order valence-electron chi connectivity index (χ4n) is 3.07. The van der Waals surface area contributed by atoms with E-state index in [0.29, 0.717) is 5.15 Å². The molecular weight excluding hydrogens is 268 g/mol. The molecule has 0 spiro atoms. The van der Waals surface area contributed by atoms with Gasteiger partial charge in [-0.2, -0.15) is 0 Å². The zero-order valence-electron chi connectivity index (χ0n) is 12.1. The second-order valence-corrected chi connectivity index (χ2v) is 6.65. The van der Waals surface area contributed by atoms with Gasteiger partial charge in [-0.05, 0) is 41.5 Å². The van der Waals surface area contributed by atoms with Gasteiger partial charge in [0.25, 0.3) is 0 Å². The van der Waals surface area contributed by atoms with Crippen molar-refractivity contribution in [1.29, 1.82) is 0 Å². The van der Waals surface area contributed by atoms with Crippen LogP contribution in [0.5, 0.6) is 0 Å². The van der Waals surface area contributed by atoms with Crippen molar-refractivity contribution in [2.45, 2.75) is 33.2 Å². The standard InChI is InChI=1S/C17H19ClN2/c1-11-8-14(16(18)19-10-11)20-15-13-7-5-4-6-12(13)9-17(15,2)3/h4-8,10,15,20H,9H2,1-3H3. The van der Waals surface area contributed by atoms with Gasteiger partial charge < -0.3 is 5.32 Å². The minimum atomic E-state index is 0.163. The quantitative estimate of drug-likeness (QED) is 0.804. The first kappa shape index (κ1) is 13.4. The van der Waals surface area contributed by atoms with Crippen LogP contribution in [0, 0.1) is 12.3 Å². The van der Waals surface area contributed by atoms with E-state index in [-0.39, 0.29) is 11.5 Å². The molecule has 20 heavy (non-hydrogen) atoms. The Bertz CT molecular complexity index is 649. The lowest BCUT2D eigenvalue weighted by Gasteiger charge is -2.29. The summed E-state index contributed by atoms with van der Waals surface area (Å²) in [5, 5.41) is 4.14. The molecule has 1 aliphatic carbocycles. The predicted molar refractivity (Wildman–Crippen MR) is 84.3 cm³/mol. The molecule has 2 nitrogen and oxygen atoms in total. The van der Waals surface area contributed by atoms with Crippen LogP contribution in [0.4, 0.5) is 5.69 Å². The average Bonchev–Trinajstić information content (AvgIpc) is 2.65. The number of nitrogens with zero attached hydrogens (tertiary/aromatic N) is 1. The van der Waals surface area contributed by atoms with Crippen LogP contribution >= 0.6 is 11.6 Å². The average molecular weight is 287 g/mol. The van der Waals surface area contributed by atoms with Crippen molar-refractivity contribution in [3.8, 4) is 0 Å². The number of rotatable bonds is 2. The van der Waals surface area contributed by atoms with Gasteiger partial charge in [0.1, 0.15) is 0 Å². The SMILES string of the molecule is Cc1cnc(Cl)c(NC2c3ccccc3CC2(C)C)c1. The van der Waals surface area contributed by atoms with Crippen LogP contribution < -0.4 is 5.32 Å². The first-order valence-corrected chi connectivity index (χ1v) is 7.32. The van der Waals surface area contributed by atoms with Gasteiger partial charge in [-0.3, -0.25) is 0 Å². The number of aromatic nitrogens is 1. The van der Waals surface area contributed by atoms with E-state index in [1.165, 1.54) is 11.1 Å². The number of aryl methyl sites for hydroxylation is 1. The van der Waals surface area contributed by atoms with E-state index < -0.39 is 0 Å². The van der Waals surface area contributed by atoms with E-state index in [1.807, 2.05) is 6.92 Å². The van der Waals surface area contributed by atoms with Crippen LogP contribution in [0.15, 0.2) is 36.5 Å². The van der Waals surface area contributed by atoms with E-state index in [1.54, 1.807) is 6.20 Å². The summed E-state index contributed by atoms with van der Waals surface area (Å²) in [7, 11) is 0. The van der Waals surface area contributed by atoms with Gasteiger partial charge in [-0.15, -0.1) is 0 Å². The monoisotopic (exact) mass is 286 g/mol. The first-order chi connectivity index (χ1) is 9.47. The van der Waals surface area contributed by atoms with Crippen molar-refractivity contribution in [2.75, 3.05) is 5.32 Å². The van der Waals surface area contributed by atoms with Gasteiger partial charge >= 0.3 is 0 Å². The maximum absolute atomic E-state index is 6.22. The third kappa shape index (κ3) is 2.29. The Morgan fingerprint density at radius 3 is 2.85 bits per heavy atom. The third-order valence-corrected chi connectivity index (χ3v) is 4.37. The molecular formula is C17H19ClN2.